The van der Waals surface area contributed by atoms with Crippen molar-refractivity contribution in [3.05, 3.63) is 33.7 Å². The van der Waals surface area contributed by atoms with Crippen LogP contribution in [0, 0.1) is 12.8 Å². The molecule has 1 aliphatic rings. The summed E-state index contributed by atoms with van der Waals surface area (Å²) in [5.41, 5.74) is 0.762. The molecular formula is C14H20N2O2. The van der Waals surface area contributed by atoms with Crippen molar-refractivity contribution < 1.29 is 4.79 Å². The number of piperidine rings is 1. The van der Waals surface area contributed by atoms with Gasteiger partial charge in [0.25, 0.3) is 11.5 Å². The summed E-state index contributed by atoms with van der Waals surface area (Å²) in [4.78, 5) is 28.6. The number of carbonyl (C=O) groups excluding carboxylic acids is 1. The predicted octanol–water partition coefficient (Wildman–Crippen LogP) is 1.95. The van der Waals surface area contributed by atoms with Crippen LogP contribution in [0.3, 0.4) is 0 Å². The molecule has 98 valence electrons. The van der Waals surface area contributed by atoms with Crippen molar-refractivity contribution in [2.24, 2.45) is 5.92 Å². The minimum absolute atomic E-state index is 0.130. The molecule has 1 atom stereocenters. The van der Waals surface area contributed by atoms with Crippen LogP contribution in [-0.4, -0.2) is 28.9 Å². The van der Waals surface area contributed by atoms with E-state index in [0.717, 1.165) is 31.6 Å². The van der Waals surface area contributed by atoms with Crippen LogP contribution in [-0.2, 0) is 0 Å². The second kappa shape index (κ2) is 5.38. The lowest BCUT2D eigenvalue weighted by Gasteiger charge is -2.32. The molecule has 1 N–H and O–H groups in total. The number of aromatic amines is 1. The van der Waals surface area contributed by atoms with Gasteiger partial charge in [-0.1, -0.05) is 13.3 Å². The second-order valence-electron chi connectivity index (χ2n) is 5.05. The molecule has 4 heteroatoms. The second-order valence-corrected chi connectivity index (χ2v) is 5.05. The van der Waals surface area contributed by atoms with Gasteiger partial charge in [-0.05, 0) is 37.8 Å². The van der Waals surface area contributed by atoms with E-state index >= 15 is 0 Å². The zero-order valence-electron chi connectivity index (χ0n) is 11.0. The molecule has 0 saturated carbocycles. The summed E-state index contributed by atoms with van der Waals surface area (Å²) in [5, 5.41) is 0. The van der Waals surface area contributed by atoms with Gasteiger partial charge >= 0.3 is 0 Å². The third kappa shape index (κ3) is 2.63. The van der Waals surface area contributed by atoms with Crippen molar-refractivity contribution in [3.63, 3.8) is 0 Å². The maximum Gasteiger partial charge on any atom is 0.260 e. The summed E-state index contributed by atoms with van der Waals surface area (Å²) in [5.74, 6) is 0.446. The Kier molecular flexibility index (Phi) is 3.84. The third-order valence-corrected chi connectivity index (χ3v) is 3.67. The van der Waals surface area contributed by atoms with E-state index in [1.54, 1.807) is 12.1 Å². The van der Waals surface area contributed by atoms with Crippen molar-refractivity contribution in [2.45, 2.75) is 33.1 Å². The molecular weight excluding hydrogens is 228 g/mol. The SMILES string of the molecule is CCC1CCCN(C(=O)c2ccc(C)[nH]c2=O)C1. The zero-order valence-corrected chi connectivity index (χ0v) is 11.0. The van der Waals surface area contributed by atoms with Crippen LogP contribution < -0.4 is 5.56 Å². The minimum Gasteiger partial charge on any atom is -0.338 e. The molecule has 1 aliphatic heterocycles. The summed E-state index contributed by atoms with van der Waals surface area (Å²) in [6.07, 6.45) is 3.31. The Labute approximate surface area is 107 Å². The van der Waals surface area contributed by atoms with E-state index < -0.39 is 0 Å². The van der Waals surface area contributed by atoms with Crippen molar-refractivity contribution in [3.8, 4) is 0 Å². The van der Waals surface area contributed by atoms with Gasteiger partial charge in [0.15, 0.2) is 0 Å². The van der Waals surface area contributed by atoms with Crippen LogP contribution in [0.4, 0.5) is 0 Å². The van der Waals surface area contributed by atoms with E-state index in [1.165, 1.54) is 6.42 Å². The molecule has 1 amide bonds. The first-order valence-electron chi connectivity index (χ1n) is 6.61. The van der Waals surface area contributed by atoms with Gasteiger partial charge in [0.05, 0.1) is 0 Å². The lowest BCUT2D eigenvalue weighted by atomic mass is 9.95. The van der Waals surface area contributed by atoms with Gasteiger partial charge < -0.3 is 9.88 Å². The highest BCUT2D eigenvalue weighted by molar-refractivity contribution is 5.93. The number of aryl methyl sites for hydroxylation is 1. The number of amides is 1. The standard InChI is InChI=1S/C14H20N2O2/c1-3-11-5-4-8-16(9-11)14(18)12-7-6-10(2)15-13(12)17/h6-7,11H,3-5,8-9H2,1-2H3,(H,15,17). The Bertz CT molecular complexity index is 493. The van der Waals surface area contributed by atoms with Crippen molar-refractivity contribution in [1.29, 1.82) is 0 Å². The lowest BCUT2D eigenvalue weighted by molar-refractivity contribution is 0.0669. The van der Waals surface area contributed by atoms with Gasteiger partial charge in [-0.15, -0.1) is 0 Å². The van der Waals surface area contributed by atoms with Crippen LogP contribution in [0.2, 0.25) is 0 Å². The summed E-state index contributed by atoms with van der Waals surface area (Å²) >= 11 is 0. The van der Waals surface area contributed by atoms with Crippen LogP contribution >= 0.6 is 0 Å². The molecule has 1 aromatic rings. The van der Waals surface area contributed by atoms with Crippen LogP contribution in [0.15, 0.2) is 16.9 Å². The molecule has 1 saturated heterocycles. The topological polar surface area (TPSA) is 53.2 Å². The summed E-state index contributed by atoms with van der Waals surface area (Å²) < 4.78 is 0. The highest BCUT2D eigenvalue weighted by Gasteiger charge is 2.24. The van der Waals surface area contributed by atoms with Gasteiger partial charge in [-0.2, -0.15) is 0 Å². The van der Waals surface area contributed by atoms with Gasteiger partial charge in [0.1, 0.15) is 5.56 Å². The van der Waals surface area contributed by atoms with E-state index in [0.29, 0.717) is 5.92 Å². The molecule has 0 aromatic carbocycles. The largest absolute Gasteiger partial charge is 0.338 e. The number of H-pyrrole nitrogens is 1. The van der Waals surface area contributed by atoms with Crippen LogP contribution in [0.25, 0.3) is 0 Å². The third-order valence-electron chi connectivity index (χ3n) is 3.67. The van der Waals surface area contributed by atoms with Gasteiger partial charge in [-0.25, -0.2) is 0 Å². The van der Waals surface area contributed by atoms with E-state index in [4.69, 9.17) is 0 Å². The number of rotatable bonds is 2. The van der Waals surface area contributed by atoms with Gasteiger partial charge in [-0.3, -0.25) is 9.59 Å². The fourth-order valence-corrected chi connectivity index (χ4v) is 2.49. The number of nitrogens with one attached hydrogen (secondary N) is 1. The van der Waals surface area contributed by atoms with Crippen molar-refractivity contribution in [2.75, 3.05) is 13.1 Å². The normalized spacial score (nSPS) is 19.9. The molecule has 18 heavy (non-hydrogen) atoms. The smallest absolute Gasteiger partial charge is 0.260 e. The molecule has 1 fully saturated rings. The number of hydrogen-bond donors (Lipinski definition) is 1. The van der Waals surface area contributed by atoms with E-state index in [1.807, 2.05) is 11.8 Å². The first kappa shape index (κ1) is 12.9. The average Bonchev–Trinajstić information content (AvgIpc) is 2.38. The van der Waals surface area contributed by atoms with Gasteiger partial charge in [0.2, 0.25) is 0 Å². The summed E-state index contributed by atoms with van der Waals surface area (Å²) in [7, 11) is 0. The average molecular weight is 248 g/mol. The number of likely N-dealkylation sites (tertiary alicyclic amines) is 1. The van der Waals surface area contributed by atoms with E-state index in [9.17, 15) is 9.59 Å². The maximum absolute atomic E-state index is 12.3. The van der Waals surface area contributed by atoms with Crippen molar-refractivity contribution >= 4 is 5.91 Å². The van der Waals surface area contributed by atoms with E-state index in [2.05, 4.69) is 11.9 Å². The summed E-state index contributed by atoms with van der Waals surface area (Å²) in [6, 6.07) is 3.40. The Morgan fingerprint density at radius 1 is 1.50 bits per heavy atom. The molecule has 0 bridgehead atoms. The molecule has 2 rings (SSSR count). The number of carbonyl (C=O) groups is 1. The van der Waals surface area contributed by atoms with Crippen LogP contribution in [0.1, 0.15) is 42.2 Å². The summed E-state index contributed by atoms with van der Waals surface area (Å²) in [6.45, 7) is 5.51. The number of hydrogen-bond acceptors (Lipinski definition) is 2. The number of pyridine rings is 1. The first-order chi connectivity index (χ1) is 8.61. The predicted molar refractivity (Wildman–Crippen MR) is 70.7 cm³/mol. The number of aromatic nitrogens is 1. The molecule has 0 aliphatic carbocycles. The first-order valence-corrected chi connectivity index (χ1v) is 6.61. The van der Waals surface area contributed by atoms with Crippen molar-refractivity contribution in [1.82, 2.24) is 9.88 Å². The fraction of sp³-hybridized carbons (Fsp3) is 0.571. The molecule has 4 nitrogen and oxygen atoms in total. The Morgan fingerprint density at radius 3 is 2.94 bits per heavy atom. The Hall–Kier alpha value is -1.58. The minimum atomic E-state index is -0.279. The quantitative estimate of drug-likeness (QED) is 0.869. The molecule has 2 heterocycles. The van der Waals surface area contributed by atoms with Crippen LogP contribution in [0.5, 0.6) is 0 Å². The highest BCUT2D eigenvalue weighted by atomic mass is 16.2. The Morgan fingerprint density at radius 2 is 2.28 bits per heavy atom. The maximum atomic E-state index is 12.3. The highest BCUT2D eigenvalue weighted by Crippen LogP contribution is 2.20. The van der Waals surface area contributed by atoms with E-state index in [-0.39, 0.29) is 17.0 Å². The molecule has 0 spiro atoms. The van der Waals surface area contributed by atoms with Gasteiger partial charge in [0, 0.05) is 18.8 Å². The molecule has 1 unspecified atom stereocenters. The lowest BCUT2D eigenvalue weighted by Crippen LogP contribution is -2.41. The Balaban J connectivity index is 2.18. The monoisotopic (exact) mass is 248 g/mol. The fourth-order valence-electron chi connectivity index (χ4n) is 2.49. The number of nitrogens with zero attached hydrogens (tertiary/aromatic N) is 1. The zero-order chi connectivity index (χ0) is 13.1. The molecule has 0 radical (unpaired) electrons. The molecule has 1 aromatic heterocycles.